The third kappa shape index (κ3) is 4.35. The van der Waals surface area contributed by atoms with Gasteiger partial charge in [0.05, 0.1) is 11.1 Å². The number of hydrogen-bond acceptors (Lipinski definition) is 4. The molecule has 0 radical (unpaired) electrons. The Hall–Kier alpha value is -3.68. The lowest BCUT2D eigenvalue weighted by Crippen LogP contribution is -2.32. The van der Waals surface area contributed by atoms with Gasteiger partial charge in [0, 0.05) is 25.2 Å². The lowest BCUT2D eigenvalue weighted by atomic mass is 10.1. The largest absolute Gasteiger partial charge is 0.352 e. The Labute approximate surface area is 161 Å². The Kier molecular flexibility index (Phi) is 5.69. The zero-order chi connectivity index (χ0) is 20.1. The molecule has 0 bridgehead atoms. The normalized spacial score (nSPS) is 12.6. The Balaban J connectivity index is 1.42. The van der Waals surface area contributed by atoms with E-state index in [0.717, 1.165) is 5.56 Å². The SMILES string of the molecule is NC(=O)Nc1ccc(CNC(=O)CCCN2C(=O)c3ccccc3C2=O)cc1. The van der Waals surface area contributed by atoms with E-state index in [2.05, 4.69) is 10.6 Å². The van der Waals surface area contributed by atoms with Crippen molar-refractivity contribution in [2.75, 3.05) is 11.9 Å². The highest BCUT2D eigenvalue weighted by atomic mass is 16.2. The highest BCUT2D eigenvalue weighted by Gasteiger charge is 2.34. The standard InChI is InChI=1S/C20H20N4O4/c21-20(28)23-14-9-7-13(8-10-14)12-22-17(25)6-3-11-24-18(26)15-4-1-2-5-16(15)19(24)27/h1-2,4-5,7-10H,3,6,11-12H2,(H,22,25)(H3,21,23,28). The van der Waals surface area contributed by atoms with Crippen LogP contribution >= 0.6 is 0 Å². The number of benzene rings is 2. The molecule has 8 heteroatoms. The molecule has 8 nitrogen and oxygen atoms in total. The first-order valence-corrected chi connectivity index (χ1v) is 8.83. The Bertz CT molecular complexity index is 889. The van der Waals surface area contributed by atoms with E-state index >= 15 is 0 Å². The van der Waals surface area contributed by atoms with Crippen molar-refractivity contribution in [3.63, 3.8) is 0 Å². The summed E-state index contributed by atoms with van der Waals surface area (Å²) in [6, 6.07) is 13.0. The molecule has 28 heavy (non-hydrogen) atoms. The zero-order valence-electron chi connectivity index (χ0n) is 15.1. The molecule has 5 amide bonds. The van der Waals surface area contributed by atoms with Gasteiger partial charge >= 0.3 is 6.03 Å². The molecule has 0 atom stereocenters. The summed E-state index contributed by atoms with van der Waals surface area (Å²) in [4.78, 5) is 48.5. The number of rotatable bonds is 7. The number of nitrogens with one attached hydrogen (secondary N) is 2. The second-order valence-corrected chi connectivity index (χ2v) is 6.37. The van der Waals surface area contributed by atoms with E-state index in [-0.39, 0.29) is 30.7 Å². The van der Waals surface area contributed by atoms with Gasteiger partial charge in [0.15, 0.2) is 0 Å². The Morgan fingerprint density at radius 1 is 0.929 bits per heavy atom. The van der Waals surface area contributed by atoms with E-state index in [1.165, 1.54) is 4.90 Å². The number of amides is 5. The predicted molar refractivity (Wildman–Crippen MR) is 103 cm³/mol. The quantitative estimate of drug-likeness (QED) is 0.635. The highest BCUT2D eigenvalue weighted by molar-refractivity contribution is 6.21. The maximum absolute atomic E-state index is 12.3. The van der Waals surface area contributed by atoms with Crippen LogP contribution < -0.4 is 16.4 Å². The van der Waals surface area contributed by atoms with Gasteiger partial charge in [-0.15, -0.1) is 0 Å². The van der Waals surface area contributed by atoms with E-state index in [1.54, 1.807) is 48.5 Å². The summed E-state index contributed by atoms with van der Waals surface area (Å²) in [5.74, 6) is -0.799. The number of anilines is 1. The molecule has 4 N–H and O–H groups in total. The van der Waals surface area contributed by atoms with Gasteiger partial charge in [-0.1, -0.05) is 24.3 Å². The van der Waals surface area contributed by atoms with Crippen LogP contribution in [0.5, 0.6) is 0 Å². The maximum atomic E-state index is 12.3. The minimum Gasteiger partial charge on any atom is -0.352 e. The number of nitrogens with zero attached hydrogens (tertiary/aromatic N) is 1. The predicted octanol–water partition coefficient (Wildman–Crippen LogP) is 1.87. The van der Waals surface area contributed by atoms with Gasteiger partial charge in [0.1, 0.15) is 0 Å². The summed E-state index contributed by atoms with van der Waals surface area (Å²) in [5.41, 5.74) is 7.30. The molecular formula is C20H20N4O4. The van der Waals surface area contributed by atoms with Gasteiger partial charge in [0.2, 0.25) is 5.91 Å². The Morgan fingerprint density at radius 3 is 2.11 bits per heavy atom. The fourth-order valence-corrected chi connectivity index (χ4v) is 2.98. The molecule has 1 aliphatic rings. The molecule has 0 saturated heterocycles. The van der Waals surface area contributed by atoms with Crippen molar-refractivity contribution in [2.24, 2.45) is 5.73 Å². The average Bonchev–Trinajstić information content (AvgIpc) is 2.92. The number of imide groups is 1. The fraction of sp³-hybridized carbons (Fsp3) is 0.200. The third-order valence-electron chi connectivity index (χ3n) is 4.37. The molecule has 0 aromatic heterocycles. The molecule has 1 heterocycles. The number of urea groups is 1. The molecule has 0 saturated carbocycles. The van der Waals surface area contributed by atoms with Crippen molar-refractivity contribution in [2.45, 2.75) is 19.4 Å². The summed E-state index contributed by atoms with van der Waals surface area (Å²) in [6.07, 6.45) is 0.591. The van der Waals surface area contributed by atoms with E-state index in [9.17, 15) is 19.2 Å². The number of hydrogen-bond donors (Lipinski definition) is 3. The summed E-state index contributed by atoms with van der Waals surface area (Å²) in [6.45, 7) is 0.538. The molecule has 0 aliphatic carbocycles. The molecular weight excluding hydrogens is 360 g/mol. The Morgan fingerprint density at radius 2 is 1.54 bits per heavy atom. The van der Waals surface area contributed by atoms with Gasteiger partial charge in [-0.05, 0) is 36.2 Å². The van der Waals surface area contributed by atoms with E-state index in [1.807, 2.05) is 0 Å². The van der Waals surface area contributed by atoms with Crippen LogP contribution in [-0.4, -0.2) is 35.2 Å². The smallest absolute Gasteiger partial charge is 0.316 e. The maximum Gasteiger partial charge on any atom is 0.316 e. The van der Waals surface area contributed by atoms with Crippen LogP contribution in [0.25, 0.3) is 0 Å². The first-order chi connectivity index (χ1) is 13.5. The fourth-order valence-electron chi connectivity index (χ4n) is 2.98. The summed E-state index contributed by atoms with van der Waals surface area (Å²) in [5, 5.41) is 5.24. The molecule has 3 rings (SSSR count). The molecule has 1 aliphatic heterocycles. The molecule has 2 aromatic carbocycles. The van der Waals surface area contributed by atoms with Crippen molar-refractivity contribution >= 4 is 29.4 Å². The van der Waals surface area contributed by atoms with Crippen LogP contribution in [0.15, 0.2) is 48.5 Å². The van der Waals surface area contributed by atoms with Crippen molar-refractivity contribution in [1.82, 2.24) is 10.2 Å². The number of fused-ring (bicyclic) bond motifs is 1. The van der Waals surface area contributed by atoms with Crippen LogP contribution in [0.1, 0.15) is 39.1 Å². The minimum atomic E-state index is -0.640. The molecule has 0 spiro atoms. The molecule has 0 unspecified atom stereocenters. The second-order valence-electron chi connectivity index (χ2n) is 6.37. The van der Waals surface area contributed by atoms with Crippen LogP contribution in [-0.2, 0) is 11.3 Å². The van der Waals surface area contributed by atoms with Gasteiger partial charge in [0.25, 0.3) is 11.8 Å². The summed E-state index contributed by atoms with van der Waals surface area (Å²) >= 11 is 0. The van der Waals surface area contributed by atoms with Crippen molar-refractivity contribution in [1.29, 1.82) is 0 Å². The van der Waals surface area contributed by atoms with Gasteiger partial charge in [-0.2, -0.15) is 0 Å². The summed E-state index contributed by atoms with van der Waals surface area (Å²) < 4.78 is 0. The topological polar surface area (TPSA) is 122 Å². The number of primary amides is 1. The summed E-state index contributed by atoms with van der Waals surface area (Å²) in [7, 11) is 0. The van der Waals surface area contributed by atoms with Crippen molar-refractivity contribution < 1.29 is 19.2 Å². The van der Waals surface area contributed by atoms with Gasteiger partial charge in [-0.3, -0.25) is 19.3 Å². The first kappa shape index (κ1) is 19.1. The monoisotopic (exact) mass is 380 g/mol. The third-order valence-corrected chi connectivity index (χ3v) is 4.37. The minimum absolute atomic E-state index is 0.170. The molecule has 0 fully saturated rings. The van der Waals surface area contributed by atoms with Crippen LogP contribution in [0.4, 0.5) is 10.5 Å². The molecule has 2 aromatic rings. The van der Waals surface area contributed by atoms with E-state index in [4.69, 9.17) is 5.73 Å². The van der Waals surface area contributed by atoms with E-state index in [0.29, 0.717) is 29.8 Å². The van der Waals surface area contributed by atoms with Gasteiger partial charge in [-0.25, -0.2) is 4.79 Å². The number of carbonyl (C=O) groups excluding carboxylic acids is 4. The van der Waals surface area contributed by atoms with Crippen molar-refractivity contribution in [3.05, 3.63) is 65.2 Å². The number of carbonyl (C=O) groups is 4. The van der Waals surface area contributed by atoms with Crippen LogP contribution in [0.2, 0.25) is 0 Å². The van der Waals surface area contributed by atoms with Crippen molar-refractivity contribution in [3.8, 4) is 0 Å². The average molecular weight is 380 g/mol. The first-order valence-electron chi connectivity index (χ1n) is 8.83. The lowest BCUT2D eigenvalue weighted by molar-refractivity contribution is -0.121. The van der Waals surface area contributed by atoms with Crippen LogP contribution in [0, 0.1) is 0 Å². The molecule has 144 valence electrons. The highest BCUT2D eigenvalue weighted by Crippen LogP contribution is 2.22. The lowest BCUT2D eigenvalue weighted by Gasteiger charge is -2.13. The van der Waals surface area contributed by atoms with Gasteiger partial charge < -0.3 is 16.4 Å². The van der Waals surface area contributed by atoms with E-state index < -0.39 is 6.03 Å². The second kappa shape index (κ2) is 8.34. The zero-order valence-corrected chi connectivity index (χ0v) is 15.1. The number of nitrogens with two attached hydrogens (primary N) is 1. The van der Waals surface area contributed by atoms with Crippen LogP contribution in [0.3, 0.4) is 0 Å².